The number of pyridine rings is 1. The summed E-state index contributed by atoms with van der Waals surface area (Å²) >= 11 is 0. The molecule has 2 aromatic carbocycles. The summed E-state index contributed by atoms with van der Waals surface area (Å²) in [5.41, 5.74) is 4.92. The summed E-state index contributed by atoms with van der Waals surface area (Å²) in [5, 5.41) is 14.6. The van der Waals surface area contributed by atoms with Crippen LogP contribution in [-0.4, -0.2) is 40.7 Å². The molecule has 3 N–H and O–H groups in total. The number of anilines is 1. The molecule has 0 aliphatic heterocycles. The Morgan fingerprint density at radius 3 is 2.26 bits per heavy atom. The highest BCUT2D eigenvalue weighted by molar-refractivity contribution is 5.94. The molecule has 0 saturated heterocycles. The van der Waals surface area contributed by atoms with Gasteiger partial charge < -0.3 is 20.5 Å². The van der Waals surface area contributed by atoms with Crippen molar-refractivity contribution in [1.29, 1.82) is 0 Å². The van der Waals surface area contributed by atoms with Crippen LogP contribution in [0.4, 0.5) is 10.5 Å². The number of carbonyl (C=O) groups excluding carboxylic acids is 2. The number of fused-ring (bicyclic) bond motifs is 3. The Labute approximate surface area is 202 Å². The van der Waals surface area contributed by atoms with E-state index in [0.29, 0.717) is 18.5 Å². The maximum Gasteiger partial charge on any atom is 0.407 e. The number of rotatable bonds is 6. The van der Waals surface area contributed by atoms with Gasteiger partial charge in [-0.15, -0.1) is 0 Å². The second-order valence-electron chi connectivity index (χ2n) is 8.84. The molecular formula is C27H25N3O5. The topological polar surface area (TPSA) is 118 Å². The predicted molar refractivity (Wildman–Crippen MR) is 129 cm³/mol. The number of carboxylic acid groups (broad SMARTS) is 1. The largest absolute Gasteiger partial charge is 0.477 e. The zero-order chi connectivity index (χ0) is 24.4. The number of aromatic carboxylic acids is 1. The van der Waals surface area contributed by atoms with E-state index in [4.69, 9.17) is 9.84 Å². The van der Waals surface area contributed by atoms with Gasteiger partial charge in [0.15, 0.2) is 0 Å². The highest BCUT2D eigenvalue weighted by Crippen LogP contribution is 2.44. The molecule has 3 aromatic rings. The molecule has 1 fully saturated rings. The fourth-order valence-corrected chi connectivity index (χ4v) is 5.07. The lowest BCUT2D eigenvalue weighted by Crippen LogP contribution is -2.42. The normalized spacial score (nSPS) is 18.4. The first kappa shape index (κ1) is 22.6. The molecular weight excluding hydrogens is 446 g/mol. The second kappa shape index (κ2) is 9.58. The van der Waals surface area contributed by atoms with Crippen molar-refractivity contribution < 1.29 is 24.2 Å². The molecule has 5 rings (SSSR count). The summed E-state index contributed by atoms with van der Waals surface area (Å²) in [6.45, 7) is 0.213. The van der Waals surface area contributed by atoms with Gasteiger partial charge in [0.05, 0.1) is 17.8 Å². The molecule has 0 unspecified atom stereocenters. The van der Waals surface area contributed by atoms with Gasteiger partial charge in [-0.05, 0) is 47.2 Å². The molecule has 8 nitrogen and oxygen atoms in total. The van der Waals surface area contributed by atoms with Crippen molar-refractivity contribution in [3.8, 4) is 11.1 Å². The molecule has 35 heavy (non-hydrogen) atoms. The van der Waals surface area contributed by atoms with E-state index in [1.54, 1.807) is 0 Å². The number of hydrogen-bond acceptors (Lipinski definition) is 5. The average molecular weight is 472 g/mol. The smallest absolute Gasteiger partial charge is 0.407 e. The van der Waals surface area contributed by atoms with Crippen LogP contribution in [0.3, 0.4) is 0 Å². The lowest BCUT2D eigenvalue weighted by atomic mass is 9.98. The number of alkyl carbamates (subject to hydrolysis) is 1. The zero-order valence-corrected chi connectivity index (χ0v) is 18.9. The Morgan fingerprint density at radius 2 is 1.63 bits per heavy atom. The lowest BCUT2D eigenvalue weighted by molar-refractivity contribution is -0.120. The SMILES string of the molecule is O=C(N[C@@H]1CCC[C@@H]1C(=O)Nc1ccc(C(=O)O)nc1)OCC1c2ccccc2-c2ccccc21. The zero-order valence-electron chi connectivity index (χ0n) is 18.9. The Kier molecular flexibility index (Phi) is 6.18. The Balaban J connectivity index is 1.19. The monoisotopic (exact) mass is 471 g/mol. The van der Waals surface area contributed by atoms with Crippen LogP contribution in [0.5, 0.6) is 0 Å². The summed E-state index contributed by atoms with van der Waals surface area (Å²) in [4.78, 5) is 40.3. The lowest BCUT2D eigenvalue weighted by Gasteiger charge is -2.21. The molecule has 2 atom stereocenters. The van der Waals surface area contributed by atoms with Gasteiger partial charge in [0.2, 0.25) is 5.91 Å². The van der Waals surface area contributed by atoms with E-state index in [1.165, 1.54) is 18.3 Å². The summed E-state index contributed by atoms with van der Waals surface area (Å²) in [6.07, 6.45) is 2.90. The number of benzene rings is 2. The second-order valence-corrected chi connectivity index (χ2v) is 8.84. The van der Waals surface area contributed by atoms with Gasteiger partial charge in [0.25, 0.3) is 0 Å². The van der Waals surface area contributed by atoms with E-state index in [2.05, 4.69) is 39.9 Å². The average Bonchev–Trinajstić information content (AvgIpc) is 3.45. The number of nitrogens with one attached hydrogen (secondary N) is 2. The molecule has 0 bridgehead atoms. The van der Waals surface area contributed by atoms with Crippen molar-refractivity contribution in [2.75, 3.05) is 11.9 Å². The van der Waals surface area contributed by atoms with Crippen LogP contribution < -0.4 is 10.6 Å². The van der Waals surface area contributed by atoms with Crippen LogP contribution in [0.2, 0.25) is 0 Å². The molecule has 2 amide bonds. The molecule has 0 spiro atoms. The molecule has 1 saturated carbocycles. The molecule has 2 aliphatic rings. The minimum Gasteiger partial charge on any atom is -0.477 e. The molecule has 0 radical (unpaired) electrons. The number of hydrogen-bond donors (Lipinski definition) is 3. The number of carboxylic acids is 1. The summed E-state index contributed by atoms with van der Waals surface area (Å²) in [7, 11) is 0. The van der Waals surface area contributed by atoms with Gasteiger partial charge in [0.1, 0.15) is 12.3 Å². The Bertz CT molecular complexity index is 1230. The number of amides is 2. The van der Waals surface area contributed by atoms with Gasteiger partial charge in [-0.3, -0.25) is 4.79 Å². The third kappa shape index (κ3) is 4.59. The van der Waals surface area contributed by atoms with Crippen molar-refractivity contribution >= 4 is 23.7 Å². The first-order valence-electron chi connectivity index (χ1n) is 11.6. The minimum atomic E-state index is -1.13. The molecule has 2 aliphatic carbocycles. The number of aromatic nitrogens is 1. The maximum absolute atomic E-state index is 12.8. The highest BCUT2D eigenvalue weighted by Gasteiger charge is 2.35. The summed E-state index contributed by atoms with van der Waals surface area (Å²) in [6, 6.07) is 18.8. The van der Waals surface area contributed by atoms with E-state index in [0.717, 1.165) is 28.7 Å². The molecule has 1 heterocycles. The van der Waals surface area contributed by atoms with Crippen molar-refractivity contribution in [2.45, 2.75) is 31.2 Å². The van der Waals surface area contributed by atoms with E-state index < -0.39 is 18.0 Å². The third-order valence-electron chi connectivity index (χ3n) is 6.75. The van der Waals surface area contributed by atoms with Gasteiger partial charge in [-0.2, -0.15) is 0 Å². The predicted octanol–water partition coefficient (Wildman–Crippen LogP) is 4.43. The summed E-state index contributed by atoms with van der Waals surface area (Å²) in [5.74, 6) is -1.81. The maximum atomic E-state index is 12.8. The van der Waals surface area contributed by atoms with Gasteiger partial charge in [-0.25, -0.2) is 14.6 Å². The van der Waals surface area contributed by atoms with E-state index in [9.17, 15) is 14.4 Å². The highest BCUT2D eigenvalue weighted by atomic mass is 16.5. The van der Waals surface area contributed by atoms with Crippen LogP contribution >= 0.6 is 0 Å². The molecule has 178 valence electrons. The van der Waals surface area contributed by atoms with Crippen molar-refractivity contribution in [3.63, 3.8) is 0 Å². The number of nitrogens with zero attached hydrogens (tertiary/aromatic N) is 1. The Hall–Kier alpha value is -4.20. The fourth-order valence-electron chi connectivity index (χ4n) is 5.07. The third-order valence-corrected chi connectivity index (χ3v) is 6.75. The minimum absolute atomic E-state index is 0.0305. The first-order chi connectivity index (χ1) is 17.0. The van der Waals surface area contributed by atoms with Crippen molar-refractivity contribution in [1.82, 2.24) is 10.3 Å². The van der Waals surface area contributed by atoms with Crippen LogP contribution in [0.1, 0.15) is 46.8 Å². The van der Waals surface area contributed by atoms with Gasteiger partial charge in [-0.1, -0.05) is 55.0 Å². The van der Waals surface area contributed by atoms with Gasteiger partial charge >= 0.3 is 12.1 Å². The van der Waals surface area contributed by atoms with Gasteiger partial charge in [0, 0.05) is 12.0 Å². The van der Waals surface area contributed by atoms with E-state index in [1.807, 2.05) is 24.3 Å². The van der Waals surface area contributed by atoms with E-state index >= 15 is 0 Å². The summed E-state index contributed by atoms with van der Waals surface area (Å²) < 4.78 is 5.64. The van der Waals surface area contributed by atoms with Crippen LogP contribution in [0, 0.1) is 5.92 Å². The first-order valence-corrected chi connectivity index (χ1v) is 11.6. The van der Waals surface area contributed by atoms with Crippen LogP contribution in [-0.2, 0) is 9.53 Å². The van der Waals surface area contributed by atoms with Crippen LogP contribution in [0.25, 0.3) is 11.1 Å². The Morgan fingerprint density at radius 1 is 0.943 bits per heavy atom. The van der Waals surface area contributed by atoms with Crippen LogP contribution in [0.15, 0.2) is 66.9 Å². The molecule has 8 heteroatoms. The number of ether oxygens (including phenoxy) is 1. The fraction of sp³-hybridized carbons (Fsp3) is 0.259. The number of carbonyl (C=O) groups is 3. The van der Waals surface area contributed by atoms with E-state index in [-0.39, 0.29) is 30.2 Å². The molecule has 1 aromatic heterocycles. The standard InChI is InChI=1S/C27H25N3O5/c31-25(29-16-12-13-24(26(32)33)28-14-16)21-10-5-11-23(21)30-27(34)35-15-22-19-8-3-1-6-17(19)18-7-2-4-9-20(18)22/h1-4,6-9,12-14,21-23H,5,10-11,15H2,(H,29,31)(H,30,34)(H,32,33)/t21-,23+/m0/s1. The quantitative estimate of drug-likeness (QED) is 0.490. The van der Waals surface area contributed by atoms with Crippen molar-refractivity contribution in [2.24, 2.45) is 5.92 Å². The van der Waals surface area contributed by atoms with Crippen molar-refractivity contribution in [3.05, 3.63) is 83.7 Å².